The van der Waals surface area contributed by atoms with Crippen LogP contribution in [-0.2, 0) is 16.1 Å². The molecule has 29 heavy (non-hydrogen) atoms. The van der Waals surface area contributed by atoms with Crippen LogP contribution in [0, 0.1) is 25.2 Å². The molecule has 0 saturated carbocycles. The summed E-state index contributed by atoms with van der Waals surface area (Å²) in [6, 6.07) is 17.2. The number of hydrogen-bond donors (Lipinski definition) is 1. The van der Waals surface area contributed by atoms with Crippen molar-refractivity contribution in [2.75, 3.05) is 4.90 Å². The Morgan fingerprint density at radius 3 is 2.52 bits per heavy atom. The molecular formula is C23H23N3O2S. The molecule has 2 aromatic carbocycles. The fraction of sp³-hybridized carbons (Fsp3) is 0.261. The maximum absolute atomic E-state index is 13.0. The van der Waals surface area contributed by atoms with Crippen LogP contribution < -0.4 is 10.2 Å². The average Bonchev–Trinajstić information content (AvgIpc) is 3.06. The molecule has 0 bridgehead atoms. The highest BCUT2D eigenvalue weighted by Gasteiger charge is 2.39. The SMILES string of the molecule is CCC1S/C(=C(/C#N)C(=O)NCc2ccccc2)N(c2ccc(C)c(C)c2)C1=O. The number of anilines is 1. The summed E-state index contributed by atoms with van der Waals surface area (Å²) in [6.07, 6.45) is 0.624. The minimum absolute atomic E-state index is 0.0338. The monoisotopic (exact) mass is 405 g/mol. The van der Waals surface area contributed by atoms with Crippen molar-refractivity contribution in [3.8, 4) is 6.07 Å². The van der Waals surface area contributed by atoms with Gasteiger partial charge >= 0.3 is 0 Å². The van der Waals surface area contributed by atoms with Gasteiger partial charge in [-0.25, -0.2) is 0 Å². The predicted octanol–water partition coefficient (Wildman–Crippen LogP) is 4.21. The molecule has 1 unspecified atom stereocenters. The van der Waals surface area contributed by atoms with Gasteiger partial charge in [0.05, 0.1) is 5.25 Å². The van der Waals surface area contributed by atoms with E-state index in [9.17, 15) is 14.9 Å². The van der Waals surface area contributed by atoms with E-state index in [1.807, 2.05) is 75.4 Å². The van der Waals surface area contributed by atoms with Crippen molar-refractivity contribution in [2.45, 2.75) is 39.0 Å². The van der Waals surface area contributed by atoms with Crippen LogP contribution in [0.25, 0.3) is 0 Å². The molecule has 148 valence electrons. The largest absolute Gasteiger partial charge is 0.347 e. The second kappa shape index (κ2) is 8.97. The van der Waals surface area contributed by atoms with Gasteiger partial charge in [-0.15, -0.1) is 0 Å². The Hall–Kier alpha value is -3.04. The van der Waals surface area contributed by atoms with Crippen LogP contribution in [0.5, 0.6) is 0 Å². The van der Waals surface area contributed by atoms with E-state index < -0.39 is 5.91 Å². The first kappa shape index (κ1) is 20.7. The van der Waals surface area contributed by atoms with Gasteiger partial charge in [-0.1, -0.05) is 55.1 Å². The normalized spacial score (nSPS) is 17.8. The van der Waals surface area contributed by atoms with Crippen LogP contribution in [-0.4, -0.2) is 17.1 Å². The molecule has 1 saturated heterocycles. The zero-order chi connectivity index (χ0) is 21.0. The molecule has 1 fully saturated rings. The molecule has 0 aliphatic carbocycles. The number of amides is 2. The second-order valence-electron chi connectivity index (χ2n) is 6.92. The van der Waals surface area contributed by atoms with Gasteiger partial charge in [-0.05, 0) is 49.1 Å². The lowest BCUT2D eigenvalue weighted by Gasteiger charge is -2.19. The van der Waals surface area contributed by atoms with E-state index in [1.165, 1.54) is 16.7 Å². The third-order valence-corrected chi connectivity index (χ3v) is 6.35. The number of thioether (sulfide) groups is 1. The van der Waals surface area contributed by atoms with Gasteiger partial charge in [0.15, 0.2) is 0 Å². The van der Waals surface area contributed by atoms with Crippen LogP contribution in [0.1, 0.15) is 30.0 Å². The molecule has 0 aromatic heterocycles. The zero-order valence-corrected chi connectivity index (χ0v) is 17.5. The summed E-state index contributed by atoms with van der Waals surface area (Å²) in [5.74, 6) is -0.573. The first-order valence-electron chi connectivity index (χ1n) is 9.50. The number of nitrogens with zero attached hydrogens (tertiary/aromatic N) is 2. The van der Waals surface area contributed by atoms with Gasteiger partial charge in [-0.2, -0.15) is 5.26 Å². The van der Waals surface area contributed by atoms with Crippen LogP contribution in [0.3, 0.4) is 0 Å². The first-order valence-corrected chi connectivity index (χ1v) is 10.4. The Morgan fingerprint density at radius 2 is 1.90 bits per heavy atom. The molecule has 1 heterocycles. The topological polar surface area (TPSA) is 73.2 Å². The molecule has 1 atom stereocenters. The van der Waals surface area contributed by atoms with Crippen LogP contribution >= 0.6 is 11.8 Å². The van der Waals surface area contributed by atoms with Crippen LogP contribution in [0.15, 0.2) is 59.1 Å². The van der Waals surface area contributed by atoms with Gasteiger partial charge < -0.3 is 5.32 Å². The molecule has 1 N–H and O–H groups in total. The zero-order valence-electron chi connectivity index (χ0n) is 16.7. The molecule has 5 nitrogen and oxygen atoms in total. The highest BCUT2D eigenvalue weighted by Crippen LogP contribution is 2.42. The number of hydrogen-bond acceptors (Lipinski definition) is 4. The van der Waals surface area contributed by atoms with E-state index in [4.69, 9.17) is 0 Å². The van der Waals surface area contributed by atoms with Crippen molar-refractivity contribution in [1.82, 2.24) is 5.32 Å². The van der Waals surface area contributed by atoms with E-state index in [1.54, 1.807) is 0 Å². The summed E-state index contributed by atoms with van der Waals surface area (Å²) in [5, 5.41) is 12.6. The fourth-order valence-electron chi connectivity index (χ4n) is 3.08. The standard InChI is InChI=1S/C23H23N3O2S/c1-4-20-22(28)26(18-11-10-15(2)16(3)12-18)23(29-20)19(13-24)21(27)25-14-17-8-6-5-7-9-17/h5-12,20H,4,14H2,1-3H3,(H,25,27)/b23-19-. The molecular weight excluding hydrogens is 382 g/mol. The fourth-order valence-corrected chi connectivity index (χ4v) is 4.28. The van der Waals surface area contributed by atoms with Gasteiger partial charge in [0.2, 0.25) is 5.91 Å². The summed E-state index contributed by atoms with van der Waals surface area (Å²) in [6.45, 7) is 6.23. The number of nitriles is 1. The number of nitrogens with one attached hydrogen (secondary N) is 1. The Morgan fingerprint density at radius 1 is 1.17 bits per heavy atom. The van der Waals surface area contributed by atoms with Crippen molar-refractivity contribution < 1.29 is 9.59 Å². The number of benzene rings is 2. The Kier molecular flexibility index (Phi) is 6.40. The maximum atomic E-state index is 13.0. The highest BCUT2D eigenvalue weighted by molar-refractivity contribution is 8.05. The Balaban J connectivity index is 1.96. The molecule has 2 aromatic rings. The van der Waals surface area contributed by atoms with E-state index in [0.29, 0.717) is 23.7 Å². The van der Waals surface area contributed by atoms with Crippen molar-refractivity contribution in [3.05, 3.63) is 75.8 Å². The van der Waals surface area contributed by atoms with Crippen LogP contribution in [0.4, 0.5) is 5.69 Å². The third-order valence-electron chi connectivity index (χ3n) is 4.92. The molecule has 1 aliphatic rings. The Labute approximate surface area is 175 Å². The van der Waals surface area contributed by atoms with E-state index in [0.717, 1.165) is 16.7 Å². The minimum Gasteiger partial charge on any atom is -0.347 e. The Bertz CT molecular complexity index is 1010. The van der Waals surface area contributed by atoms with Crippen molar-refractivity contribution in [1.29, 1.82) is 5.26 Å². The number of aryl methyl sites for hydroxylation is 2. The third kappa shape index (κ3) is 4.36. The van der Waals surface area contributed by atoms with Gasteiger partial charge in [-0.3, -0.25) is 14.5 Å². The van der Waals surface area contributed by atoms with Gasteiger partial charge in [0, 0.05) is 12.2 Å². The maximum Gasteiger partial charge on any atom is 0.264 e. The second-order valence-corrected chi connectivity index (χ2v) is 8.11. The smallest absolute Gasteiger partial charge is 0.264 e. The molecule has 6 heteroatoms. The first-order chi connectivity index (χ1) is 14.0. The summed E-state index contributed by atoms with van der Waals surface area (Å²) in [5.41, 5.74) is 3.75. The predicted molar refractivity (Wildman–Crippen MR) is 116 cm³/mol. The van der Waals surface area contributed by atoms with E-state index in [-0.39, 0.29) is 16.7 Å². The van der Waals surface area contributed by atoms with E-state index >= 15 is 0 Å². The average molecular weight is 406 g/mol. The number of carbonyl (C=O) groups excluding carboxylic acids is 2. The van der Waals surface area contributed by atoms with Crippen molar-refractivity contribution in [2.24, 2.45) is 0 Å². The lowest BCUT2D eigenvalue weighted by Crippen LogP contribution is -2.31. The minimum atomic E-state index is -0.475. The quantitative estimate of drug-likeness (QED) is 0.597. The van der Waals surface area contributed by atoms with Crippen molar-refractivity contribution in [3.63, 3.8) is 0 Å². The summed E-state index contributed by atoms with van der Waals surface area (Å²) in [4.78, 5) is 27.3. The molecule has 2 amide bonds. The summed E-state index contributed by atoms with van der Waals surface area (Å²) in [7, 11) is 0. The van der Waals surface area contributed by atoms with Crippen molar-refractivity contribution >= 4 is 29.3 Å². The number of carbonyl (C=O) groups is 2. The lowest BCUT2D eigenvalue weighted by molar-refractivity contribution is -0.117. The van der Waals surface area contributed by atoms with Crippen LogP contribution in [0.2, 0.25) is 0 Å². The van der Waals surface area contributed by atoms with E-state index in [2.05, 4.69) is 5.32 Å². The lowest BCUT2D eigenvalue weighted by atomic mass is 10.1. The summed E-state index contributed by atoms with van der Waals surface area (Å²) < 4.78 is 0. The molecule has 0 spiro atoms. The number of rotatable bonds is 5. The molecule has 1 aliphatic heterocycles. The molecule has 3 rings (SSSR count). The molecule has 0 radical (unpaired) electrons. The van der Waals surface area contributed by atoms with Gasteiger partial charge in [0.1, 0.15) is 16.7 Å². The summed E-state index contributed by atoms with van der Waals surface area (Å²) >= 11 is 1.29. The van der Waals surface area contributed by atoms with Gasteiger partial charge in [0.25, 0.3) is 5.91 Å². The highest BCUT2D eigenvalue weighted by atomic mass is 32.2.